The van der Waals surface area contributed by atoms with E-state index in [0.29, 0.717) is 6.54 Å². The summed E-state index contributed by atoms with van der Waals surface area (Å²) in [5, 5.41) is 0. The van der Waals surface area contributed by atoms with Crippen LogP contribution in [-0.4, -0.2) is 44.9 Å². The first-order valence-corrected chi connectivity index (χ1v) is 10.8. The van der Waals surface area contributed by atoms with Crippen molar-refractivity contribution < 1.29 is 4.79 Å². The highest BCUT2D eigenvalue weighted by Crippen LogP contribution is 2.34. The van der Waals surface area contributed by atoms with Crippen molar-refractivity contribution in [1.82, 2.24) is 19.4 Å². The highest BCUT2D eigenvalue weighted by Gasteiger charge is 2.33. The molecule has 1 unspecified atom stereocenters. The summed E-state index contributed by atoms with van der Waals surface area (Å²) in [4.78, 5) is 22.5. The number of imidazole rings is 1. The average molecular weight is 379 g/mol. The first-order chi connectivity index (χ1) is 13.7. The van der Waals surface area contributed by atoms with Crippen molar-refractivity contribution in [2.45, 2.75) is 57.5 Å². The van der Waals surface area contributed by atoms with E-state index in [1.165, 1.54) is 41.2 Å². The van der Waals surface area contributed by atoms with Gasteiger partial charge in [-0.2, -0.15) is 0 Å². The summed E-state index contributed by atoms with van der Waals surface area (Å²) in [6, 6.07) is 8.81. The molecular weight excluding hydrogens is 348 g/mol. The second-order valence-corrected chi connectivity index (χ2v) is 8.59. The van der Waals surface area contributed by atoms with Crippen LogP contribution in [-0.2, 0) is 37.6 Å². The first kappa shape index (κ1) is 17.9. The molecule has 1 aromatic carbocycles. The topological polar surface area (TPSA) is 41.4 Å². The standard InChI is InChI=1S/C23H30N4O/c1-25-20-10-5-4-9-19(20)24-23(25)21-11-6-13-26(21)16-22(28)27-14-12-17-7-2-3-8-18(17)15-27/h2-3,7-8,21H,4-6,9-16H2,1H3. The maximum atomic E-state index is 13.1. The summed E-state index contributed by atoms with van der Waals surface area (Å²) in [6.07, 6.45) is 8.03. The van der Waals surface area contributed by atoms with Crippen LogP contribution >= 0.6 is 0 Å². The Kier molecular flexibility index (Phi) is 4.71. The van der Waals surface area contributed by atoms with Gasteiger partial charge in [-0.25, -0.2) is 4.98 Å². The fourth-order valence-electron chi connectivity index (χ4n) is 5.29. The summed E-state index contributed by atoms with van der Waals surface area (Å²) in [5.41, 5.74) is 5.42. The van der Waals surface area contributed by atoms with Crippen molar-refractivity contribution >= 4 is 5.91 Å². The summed E-state index contributed by atoms with van der Waals surface area (Å²) in [5.74, 6) is 1.45. The number of carbonyl (C=O) groups is 1. The van der Waals surface area contributed by atoms with Gasteiger partial charge in [-0.1, -0.05) is 24.3 Å². The van der Waals surface area contributed by atoms with E-state index in [0.717, 1.165) is 51.7 Å². The molecular formula is C23H30N4O. The SMILES string of the molecule is Cn1c(C2CCCN2CC(=O)N2CCc3ccccc3C2)nc2c1CCCC2. The van der Waals surface area contributed by atoms with Gasteiger partial charge in [0.25, 0.3) is 0 Å². The number of nitrogens with zero attached hydrogens (tertiary/aromatic N) is 4. The van der Waals surface area contributed by atoms with Crippen LogP contribution in [0.5, 0.6) is 0 Å². The van der Waals surface area contributed by atoms with Crippen LogP contribution in [0.15, 0.2) is 24.3 Å². The third-order valence-electron chi connectivity index (χ3n) is 6.89. The molecule has 0 radical (unpaired) electrons. The van der Waals surface area contributed by atoms with Crippen molar-refractivity contribution in [3.8, 4) is 0 Å². The van der Waals surface area contributed by atoms with Crippen molar-refractivity contribution in [3.05, 3.63) is 52.6 Å². The molecule has 148 valence electrons. The summed E-state index contributed by atoms with van der Waals surface area (Å²) < 4.78 is 2.33. The van der Waals surface area contributed by atoms with Gasteiger partial charge in [-0.3, -0.25) is 9.69 Å². The number of hydrogen-bond acceptors (Lipinski definition) is 3. The zero-order chi connectivity index (χ0) is 19.1. The molecule has 5 rings (SSSR count). The molecule has 1 atom stereocenters. The molecule has 1 amide bonds. The molecule has 5 nitrogen and oxygen atoms in total. The van der Waals surface area contributed by atoms with Gasteiger partial charge in [0.2, 0.25) is 5.91 Å². The van der Waals surface area contributed by atoms with E-state index >= 15 is 0 Å². The maximum absolute atomic E-state index is 13.1. The Balaban J connectivity index is 1.30. The van der Waals surface area contributed by atoms with Crippen LogP contribution in [0.1, 0.15) is 60.1 Å². The minimum Gasteiger partial charge on any atom is -0.337 e. The zero-order valence-electron chi connectivity index (χ0n) is 16.9. The van der Waals surface area contributed by atoms with Crippen LogP contribution in [0.4, 0.5) is 0 Å². The molecule has 1 saturated heterocycles. The Morgan fingerprint density at radius 3 is 2.75 bits per heavy atom. The van der Waals surface area contributed by atoms with Gasteiger partial charge >= 0.3 is 0 Å². The number of likely N-dealkylation sites (tertiary alicyclic amines) is 1. The Labute approximate surface area is 167 Å². The molecule has 0 saturated carbocycles. The highest BCUT2D eigenvalue weighted by atomic mass is 16.2. The van der Waals surface area contributed by atoms with E-state index in [2.05, 4.69) is 40.8 Å². The largest absolute Gasteiger partial charge is 0.337 e. The monoisotopic (exact) mass is 378 g/mol. The Hall–Kier alpha value is -2.14. The minimum absolute atomic E-state index is 0.264. The maximum Gasteiger partial charge on any atom is 0.237 e. The summed E-state index contributed by atoms with van der Waals surface area (Å²) in [7, 11) is 2.17. The van der Waals surface area contributed by atoms with E-state index in [-0.39, 0.29) is 11.9 Å². The molecule has 28 heavy (non-hydrogen) atoms. The number of aryl methyl sites for hydroxylation is 1. The number of carbonyl (C=O) groups excluding carboxylic acids is 1. The van der Waals surface area contributed by atoms with Gasteiger partial charge in [-0.15, -0.1) is 0 Å². The number of fused-ring (bicyclic) bond motifs is 2. The Morgan fingerprint density at radius 2 is 1.89 bits per heavy atom. The molecule has 1 aliphatic carbocycles. The molecule has 3 heterocycles. The van der Waals surface area contributed by atoms with Crippen molar-refractivity contribution in [2.75, 3.05) is 19.6 Å². The average Bonchev–Trinajstić information content (AvgIpc) is 3.32. The lowest BCUT2D eigenvalue weighted by atomic mass is 10.00. The number of amides is 1. The van der Waals surface area contributed by atoms with Gasteiger partial charge in [0, 0.05) is 25.8 Å². The lowest BCUT2D eigenvalue weighted by Crippen LogP contribution is -2.42. The fourth-order valence-corrected chi connectivity index (χ4v) is 5.29. The smallest absolute Gasteiger partial charge is 0.237 e. The second-order valence-electron chi connectivity index (χ2n) is 8.59. The van der Waals surface area contributed by atoms with Gasteiger partial charge < -0.3 is 9.47 Å². The van der Waals surface area contributed by atoms with Gasteiger partial charge in [-0.05, 0) is 62.6 Å². The summed E-state index contributed by atoms with van der Waals surface area (Å²) in [6.45, 7) is 3.11. The molecule has 5 heteroatoms. The van der Waals surface area contributed by atoms with Gasteiger partial charge in [0.05, 0.1) is 18.3 Å². The third kappa shape index (κ3) is 3.16. The van der Waals surface area contributed by atoms with Crippen LogP contribution in [0, 0.1) is 0 Å². The van der Waals surface area contributed by atoms with Crippen molar-refractivity contribution in [2.24, 2.45) is 7.05 Å². The van der Waals surface area contributed by atoms with Gasteiger partial charge in [0.15, 0.2) is 0 Å². The number of benzene rings is 1. The Bertz CT molecular complexity index is 887. The van der Waals surface area contributed by atoms with E-state index in [1.54, 1.807) is 0 Å². The molecule has 3 aliphatic rings. The molecule has 2 aromatic rings. The van der Waals surface area contributed by atoms with Crippen LogP contribution in [0.2, 0.25) is 0 Å². The molecule has 1 aromatic heterocycles. The van der Waals surface area contributed by atoms with Crippen molar-refractivity contribution in [3.63, 3.8) is 0 Å². The minimum atomic E-state index is 0.264. The van der Waals surface area contributed by atoms with Crippen LogP contribution < -0.4 is 0 Å². The van der Waals surface area contributed by atoms with E-state index in [4.69, 9.17) is 4.98 Å². The lowest BCUT2D eigenvalue weighted by molar-refractivity contribution is -0.133. The molecule has 1 fully saturated rings. The molecule has 0 N–H and O–H groups in total. The molecule has 0 bridgehead atoms. The van der Waals surface area contributed by atoms with Crippen LogP contribution in [0.3, 0.4) is 0 Å². The second kappa shape index (κ2) is 7.36. The first-order valence-electron chi connectivity index (χ1n) is 10.8. The fraction of sp³-hybridized carbons (Fsp3) is 0.565. The van der Waals surface area contributed by atoms with E-state index in [1.807, 2.05) is 4.90 Å². The van der Waals surface area contributed by atoms with E-state index < -0.39 is 0 Å². The third-order valence-corrected chi connectivity index (χ3v) is 6.89. The Morgan fingerprint density at radius 1 is 1.07 bits per heavy atom. The number of aromatic nitrogens is 2. The van der Waals surface area contributed by atoms with Crippen molar-refractivity contribution in [1.29, 1.82) is 0 Å². The normalized spacial score (nSPS) is 22.2. The van der Waals surface area contributed by atoms with Gasteiger partial charge in [0.1, 0.15) is 5.82 Å². The zero-order valence-corrected chi connectivity index (χ0v) is 16.9. The quantitative estimate of drug-likeness (QED) is 0.824. The summed E-state index contributed by atoms with van der Waals surface area (Å²) >= 11 is 0. The predicted octanol–water partition coefficient (Wildman–Crippen LogP) is 3.02. The lowest BCUT2D eigenvalue weighted by Gasteiger charge is -2.31. The highest BCUT2D eigenvalue weighted by molar-refractivity contribution is 5.78. The predicted molar refractivity (Wildman–Crippen MR) is 109 cm³/mol. The van der Waals surface area contributed by atoms with Crippen LogP contribution in [0.25, 0.3) is 0 Å². The molecule has 2 aliphatic heterocycles. The molecule has 0 spiro atoms. The number of rotatable bonds is 3. The van der Waals surface area contributed by atoms with E-state index in [9.17, 15) is 4.79 Å². The number of hydrogen-bond donors (Lipinski definition) is 0.